The van der Waals surface area contributed by atoms with Gasteiger partial charge >= 0.3 is 0 Å². The van der Waals surface area contributed by atoms with Crippen molar-refractivity contribution in [1.82, 2.24) is 0 Å². The van der Waals surface area contributed by atoms with E-state index in [1.54, 1.807) is 11.8 Å². The van der Waals surface area contributed by atoms with Gasteiger partial charge in [0.15, 0.2) is 0 Å². The zero-order chi connectivity index (χ0) is 8.10. The molecule has 0 saturated heterocycles. The molecule has 11 heavy (non-hydrogen) atoms. The van der Waals surface area contributed by atoms with E-state index in [2.05, 4.69) is 6.26 Å². The summed E-state index contributed by atoms with van der Waals surface area (Å²) in [6.07, 6.45) is 8.56. The summed E-state index contributed by atoms with van der Waals surface area (Å²) >= 11 is 1.75. The molecule has 0 aromatic rings. The molecule has 1 aliphatic carbocycles. The van der Waals surface area contributed by atoms with Crippen molar-refractivity contribution in [2.24, 2.45) is 5.92 Å². The molecule has 1 unspecified atom stereocenters. The van der Waals surface area contributed by atoms with Gasteiger partial charge in [0.05, 0.1) is 6.10 Å². The van der Waals surface area contributed by atoms with Gasteiger partial charge in [-0.25, -0.2) is 0 Å². The smallest absolute Gasteiger partial charge is 0.0658 e. The summed E-state index contributed by atoms with van der Waals surface area (Å²) in [5, 5.41) is 9.65. The lowest BCUT2D eigenvalue weighted by atomic mass is 9.86. The summed E-state index contributed by atoms with van der Waals surface area (Å²) in [5.41, 5.74) is 0. The van der Waals surface area contributed by atoms with Crippen LogP contribution in [0.4, 0.5) is 0 Å². The highest BCUT2D eigenvalue weighted by Gasteiger charge is 2.20. The second-order valence-corrected chi connectivity index (χ2v) is 4.33. The standard InChI is InChI=1S/C9H18OS/c1-11-7-9(10)8-5-3-2-4-6-8/h8-10H,2-7H2,1H3. The number of hydrogen-bond acceptors (Lipinski definition) is 2. The normalized spacial score (nSPS) is 23.5. The van der Waals surface area contributed by atoms with Gasteiger partial charge in [-0.15, -0.1) is 0 Å². The van der Waals surface area contributed by atoms with Gasteiger partial charge in [0.1, 0.15) is 0 Å². The van der Waals surface area contributed by atoms with Crippen molar-refractivity contribution >= 4 is 11.8 Å². The minimum Gasteiger partial charge on any atom is -0.392 e. The zero-order valence-corrected chi connectivity index (χ0v) is 8.07. The van der Waals surface area contributed by atoms with Crippen LogP contribution in [0.3, 0.4) is 0 Å². The van der Waals surface area contributed by atoms with E-state index in [4.69, 9.17) is 0 Å². The second-order valence-electron chi connectivity index (χ2n) is 3.42. The van der Waals surface area contributed by atoms with Gasteiger partial charge in [0.25, 0.3) is 0 Å². The SMILES string of the molecule is CSCC(O)C1CCCCC1. The molecule has 1 nitrogen and oxygen atoms in total. The number of aliphatic hydroxyl groups excluding tert-OH is 1. The average Bonchev–Trinajstić information content (AvgIpc) is 2.07. The first-order valence-electron chi connectivity index (χ1n) is 4.51. The Morgan fingerprint density at radius 2 is 2.00 bits per heavy atom. The van der Waals surface area contributed by atoms with Crippen LogP contribution in [-0.2, 0) is 0 Å². The van der Waals surface area contributed by atoms with Gasteiger partial charge in [-0.05, 0) is 25.0 Å². The lowest BCUT2D eigenvalue weighted by Crippen LogP contribution is -2.24. The third-order valence-corrected chi connectivity index (χ3v) is 3.21. The summed E-state index contributed by atoms with van der Waals surface area (Å²) in [5.74, 6) is 1.53. The molecule has 0 radical (unpaired) electrons. The first-order valence-corrected chi connectivity index (χ1v) is 5.91. The Hall–Kier alpha value is 0.310. The third-order valence-electron chi connectivity index (χ3n) is 2.53. The summed E-state index contributed by atoms with van der Waals surface area (Å²) < 4.78 is 0. The molecule has 1 rings (SSSR count). The molecule has 1 aliphatic rings. The van der Waals surface area contributed by atoms with Gasteiger partial charge in [0, 0.05) is 5.75 Å². The molecule has 0 aromatic heterocycles. The molecule has 1 saturated carbocycles. The molecule has 0 aromatic carbocycles. The number of thioether (sulfide) groups is 1. The first kappa shape index (κ1) is 9.40. The van der Waals surface area contributed by atoms with Crippen molar-refractivity contribution in [2.45, 2.75) is 38.2 Å². The average molecular weight is 174 g/mol. The maximum absolute atomic E-state index is 9.65. The molecular weight excluding hydrogens is 156 g/mol. The Balaban J connectivity index is 2.21. The fraction of sp³-hybridized carbons (Fsp3) is 1.00. The number of hydrogen-bond donors (Lipinski definition) is 1. The van der Waals surface area contributed by atoms with Crippen LogP contribution in [0.15, 0.2) is 0 Å². The van der Waals surface area contributed by atoms with Crippen molar-refractivity contribution in [3.05, 3.63) is 0 Å². The quantitative estimate of drug-likeness (QED) is 0.708. The molecule has 1 atom stereocenters. The predicted octanol–water partition coefficient (Wildman–Crippen LogP) is 2.29. The molecule has 0 heterocycles. The van der Waals surface area contributed by atoms with Crippen LogP contribution in [0.5, 0.6) is 0 Å². The minimum absolute atomic E-state index is 0.0368. The maximum Gasteiger partial charge on any atom is 0.0658 e. The highest BCUT2D eigenvalue weighted by molar-refractivity contribution is 7.98. The van der Waals surface area contributed by atoms with Crippen LogP contribution in [0.1, 0.15) is 32.1 Å². The van der Waals surface area contributed by atoms with Crippen molar-refractivity contribution < 1.29 is 5.11 Å². The minimum atomic E-state index is -0.0368. The van der Waals surface area contributed by atoms with Gasteiger partial charge in [-0.2, -0.15) is 11.8 Å². The van der Waals surface area contributed by atoms with Crippen LogP contribution in [0, 0.1) is 5.92 Å². The summed E-state index contributed by atoms with van der Waals surface area (Å²) in [6.45, 7) is 0. The van der Waals surface area contributed by atoms with E-state index in [1.165, 1.54) is 32.1 Å². The second kappa shape index (κ2) is 5.04. The lowest BCUT2D eigenvalue weighted by molar-refractivity contribution is 0.105. The van der Waals surface area contributed by atoms with Gasteiger partial charge in [-0.3, -0.25) is 0 Å². The van der Waals surface area contributed by atoms with Crippen LogP contribution in [0.25, 0.3) is 0 Å². The fourth-order valence-corrected chi connectivity index (χ4v) is 2.44. The van der Waals surface area contributed by atoms with Crippen LogP contribution in [0.2, 0.25) is 0 Å². The molecule has 0 amide bonds. The largest absolute Gasteiger partial charge is 0.392 e. The lowest BCUT2D eigenvalue weighted by Gasteiger charge is -2.25. The van der Waals surface area contributed by atoms with Gasteiger partial charge in [-0.1, -0.05) is 19.3 Å². The molecule has 2 heteroatoms. The molecule has 0 aliphatic heterocycles. The van der Waals surface area contributed by atoms with Crippen molar-refractivity contribution in [2.75, 3.05) is 12.0 Å². The number of aliphatic hydroxyl groups is 1. The van der Waals surface area contributed by atoms with Gasteiger partial charge in [0.2, 0.25) is 0 Å². The molecular formula is C9H18OS. The highest BCUT2D eigenvalue weighted by atomic mass is 32.2. The van der Waals surface area contributed by atoms with Crippen LogP contribution in [-0.4, -0.2) is 23.2 Å². The fourth-order valence-electron chi connectivity index (χ4n) is 1.83. The summed E-state index contributed by atoms with van der Waals surface area (Å²) in [6, 6.07) is 0. The molecule has 66 valence electrons. The predicted molar refractivity (Wildman–Crippen MR) is 51.0 cm³/mol. The topological polar surface area (TPSA) is 20.2 Å². The Bertz CT molecular complexity index is 99.7. The van der Waals surface area contributed by atoms with E-state index < -0.39 is 0 Å². The van der Waals surface area contributed by atoms with E-state index in [0.29, 0.717) is 5.92 Å². The van der Waals surface area contributed by atoms with E-state index >= 15 is 0 Å². The molecule has 1 N–H and O–H groups in total. The summed E-state index contributed by atoms with van der Waals surface area (Å²) in [4.78, 5) is 0. The summed E-state index contributed by atoms with van der Waals surface area (Å²) in [7, 11) is 0. The van der Waals surface area contributed by atoms with Crippen LogP contribution >= 0.6 is 11.8 Å². The van der Waals surface area contributed by atoms with E-state index in [-0.39, 0.29) is 6.10 Å². The number of rotatable bonds is 3. The van der Waals surface area contributed by atoms with Crippen molar-refractivity contribution in [3.8, 4) is 0 Å². The van der Waals surface area contributed by atoms with Crippen molar-refractivity contribution in [1.29, 1.82) is 0 Å². The Morgan fingerprint density at radius 3 is 2.55 bits per heavy atom. The molecule has 0 spiro atoms. The Labute approximate surface area is 73.6 Å². The van der Waals surface area contributed by atoms with E-state index in [0.717, 1.165) is 5.75 Å². The highest BCUT2D eigenvalue weighted by Crippen LogP contribution is 2.27. The maximum atomic E-state index is 9.65. The third kappa shape index (κ3) is 3.04. The first-order chi connectivity index (χ1) is 5.34. The molecule has 1 fully saturated rings. The molecule has 0 bridgehead atoms. The van der Waals surface area contributed by atoms with Crippen molar-refractivity contribution in [3.63, 3.8) is 0 Å². The Morgan fingerprint density at radius 1 is 1.36 bits per heavy atom. The van der Waals surface area contributed by atoms with Gasteiger partial charge < -0.3 is 5.11 Å². The zero-order valence-electron chi connectivity index (χ0n) is 7.25. The Kier molecular flexibility index (Phi) is 4.31. The monoisotopic (exact) mass is 174 g/mol. The van der Waals surface area contributed by atoms with Crippen LogP contribution < -0.4 is 0 Å². The van der Waals surface area contributed by atoms with E-state index in [9.17, 15) is 5.11 Å². The van der Waals surface area contributed by atoms with E-state index in [1.807, 2.05) is 0 Å².